The van der Waals surface area contributed by atoms with Gasteiger partial charge in [0.1, 0.15) is 5.82 Å². The van der Waals surface area contributed by atoms with Crippen LogP contribution in [-0.2, 0) is 6.42 Å². The number of rotatable bonds is 7. The third kappa shape index (κ3) is 4.73. The van der Waals surface area contributed by atoms with Gasteiger partial charge in [0.2, 0.25) is 5.28 Å². The van der Waals surface area contributed by atoms with Gasteiger partial charge in [-0.2, -0.15) is 0 Å². The van der Waals surface area contributed by atoms with Crippen LogP contribution in [0.1, 0.15) is 62.9 Å². The molecule has 0 aliphatic heterocycles. The molecule has 0 radical (unpaired) electrons. The van der Waals surface area contributed by atoms with E-state index in [4.69, 9.17) is 11.6 Å². The fourth-order valence-electron chi connectivity index (χ4n) is 2.88. The number of hydrogen-bond acceptors (Lipinski definition) is 3. The summed E-state index contributed by atoms with van der Waals surface area (Å²) in [7, 11) is 0. The van der Waals surface area contributed by atoms with Crippen LogP contribution in [0.2, 0.25) is 5.28 Å². The minimum absolute atomic E-state index is 0.253. The van der Waals surface area contributed by atoms with Crippen molar-refractivity contribution in [3.05, 3.63) is 69.8 Å². The molecule has 1 heterocycles. The van der Waals surface area contributed by atoms with Crippen molar-refractivity contribution in [3.8, 4) is 0 Å². The molecule has 0 aliphatic carbocycles. The molecule has 1 aromatic heterocycles. The SMILES string of the molecule is C/C=C(\c1ccccc1CCC)c1nc(Cl)nc(N/C=C(\C)CC)c1C. The Morgan fingerprint density at radius 3 is 2.58 bits per heavy atom. The third-order valence-electron chi connectivity index (χ3n) is 4.50. The van der Waals surface area contributed by atoms with E-state index in [1.54, 1.807) is 0 Å². The largest absolute Gasteiger partial charge is 0.346 e. The number of aryl methyl sites for hydroxylation is 1. The number of anilines is 1. The lowest BCUT2D eigenvalue weighted by Crippen LogP contribution is -2.05. The molecule has 0 aliphatic rings. The molecule has 0 spiro atoms. The summed E-state index contributed by atoms with van der Waals surface area (Å²) in [5.41, 5.74) is 6.75. The van der Waals surface area contributed by atoms with Crippen molar-refractivity contribution in [2.45, 2.75) is 53.9 Å². The predicted octanol–water partition coefficient (Wildman–Crippen LogP) is 6.57. The van der Waals surface area contributed by atoms with Crippen molar-refractivity contribution in [1.82, 2.24) is 9.97 Å². The number of hydrogen-bond donors (Lipinski definition) is 1. The lowest BCUT2D eigenvalue weighted by Gasteiger charge is -2.16. The molecule has 0 bridgehead atoms. The zero-order valence-corrected chi connectivity index (χ0v) is 17.1. The van der Waals surface area contributed by atoms with Gasteiger partial charge < -0.3 is 5.32 Å². The fraction of sp³-hybridized carbons (Fsp3) is 0.364. The molecule has 1 aromatic carbocycles. The van der Waals surface area contributed by atoms with E-state index in [2.05, 4.69) is 66.4 Å². The monoisotopic (exact) mass is 369 g/mol. The Labute approximate surface area is 162 Å². The Bertz CT molecular complexity index is 822. The van der Waals surface area contributed by atoms with Crippen LogP contribution >= 0.6 is 11.6 Å². The number of nitrogens with one attached hydrogen (secondary N) is 1. The van der Waals surface area contributed by atoms with E-state index in [0.29, 0.717) is 0 Å². The van der Waals surface area contributed by atoms with Crippen molar-refractivity contribution in [2.75, 3.05) is 5.32 Å². The van der Waals surface area contributed by atoms with Crippen molar-refractivity contribution in [2.24, 2.45) is 0 Å². The number of aromatic nitrogens is 2. The van der Waals surface area contributed by atoms with E-state index >= 15 is 0 Å². The summed E-state index contributed by atoms with van der Waals surface area (Å²) in [5.74, 6) is 0.750. The molecule has 2 aromatic rings. The van der Waals surface area contributed by atoms with Gasteiger partial charge in [-0.15, -0.1) is 0 Å². The first-order valence-electron chi connectivity index (χ1n) is 9.23. The van der Waals surface area contributed by atoms with Crippen LogP contribution < -0.4 is 5.32 Å². The number of nitrogens with zero attached hydrogens (tertiary/aromatic N) is 2. The standard InChI is InChI=1S/C22H28ClN3/c1-6-11-17-12-9-10-13-19(17)18(8-3)20-16(5)21(26-22(23)25-20)24-14-15(4)7-2/h8-10,12-14H,6-7,11H2,1-5H3,(H,24,25,26)/b15-14+,18-8+. The predicted molar refractivity (Wildman–Crippen MR) is 113 cm³/mol. The van der Waals surface area contributed by atoms with E-state index in [1.165, 1.54) is 16.7 Å². The Morgan fingerprint density at radius 2 is 1.92 bits per heavy atom. The Kier molecular flexibility index (Phi) is 7.40. The zero-order valence-electron chi connectivity index (χ0n) is 16.4. The van der Waals surface area contributed by atoms with Crippen LogP contribution in [0.3, 0.4) is 0 Å². The van der Waals surface area contributed by atoms with Gasteiger partial charge in [0.25, 0.3) is 0 Å². The molecule has 3 nitrogen and oxygen atoms in total. The van der Waals surface area contributed by atoms with E-state index in [-0.39, 0.29) is 5.28 Å². The molecule has 138 valence electrons. The second kappa shape index (κ2) is 9.54. The maximum Gasteiger partial charge on any atom is 0.224 e. The second-order valence-corrected chi connectivity index (χ2v) is 6.75. The zero-order chi connectivity index (χ0) is 19.1. The van der Waals surface area contributed by atoms with Gasteiger partial charge >= 0.3 is 0 Å². The second-order valence-electron chi connectivity index (χ2n) is 6.41. The van der Waals surface area contributed by atoms with Crippen LogP contribution in [0.25, 0.3) is 5.57 Å². The lowest BCUT2D eigenvalue weighted by atomic mass is 9.93. The number of allylic oxidation sites excluding steroid dienone is 2. The van der Waals surface area contributed by atoms with E-state index in [9.17, 15) is 0 Å². The average molecular weight is 370 g/mol. The Morgan fingerprint density at radius 1 is 1.19 bits per heavy atom. The highest BCUT2D eigenvalue weighted by Crippen LogP contribution is 2.31. The average Bonchev–Trinajstić information content (AvgIpc) is 2.64. The van der Waals surface area contributed by atoms with Crippen LogP contribution in [0.5, 0.6) is 0 Å². The molecule has 4 heteroatoms. The molecule has 0 saturated carbocycles. The van der Waals surface area contributed by atoms with Crippen molar-refractivity contribution >= 4 is 23.0 Å². The van der Waals surface area contributed by atoms with E-state index in [0.717, 1.165) is 41.9 Å². The minimum Gasteiger partial charge on any atom is -0.346 e. The number of halogens is 1. The van der Waals surface area contributed by atoms with E-state index in [1.807, 2.05) is 20.0 Å². The van der Waals surface area contributed by atoms with Gasteiger partial charge in [0.15, 0.2) is 0 Å². The summed E-state index contributed by atoms with van der Waals surface area (Å²) >= 11 is 6.25. The van der Waals surface area contributed by atoms with Gasteiger partial charge in [-0.3, -0.25) is 0 Å². The van der Waals surface area contributed by atoms with Crippen molar-refractivity contribution in [1.29, 1.82) is 0 Å². The topological polar surface area (TPSA) is 37.8 Å². The summed E-state index contributed by atoms with van der Waals surface area (Å²) in [6.45, 7) is 10.5. The molecule has 0 unspecified atom stereocenters. The summed E-state index contributed by atoms with van der Waals surface area (Å²) in [5, 5.41) is 3.54. The van der Waals surface area contributed by atoms with Gasteiger partial charge in [-0.1, -0.05) is 56.2 Å². The highest BCUT2D eigenvalue weighted by atomic mass is 35.5. The molecule has 0 saturated heterocycles. The molecule has 0 atom stereocenters. The molecule has 0 amide bonds. The summed E-state index contributed by atoms with van der Waals surface area (Å²) < 4.78 is 0. The first-order chi connectivity index (χ1) is 12.5. The van der Waals surface area contributed by atoms with Crippen molar-refractivity contribution < 1.29 is 0 Å². The van der Waals surface area contributed by atoms with Gasteiger partial charge in [0.05, 0.1) is 5.69 Å². The Balaban J connectivity index is 2.54. The molecular weight excluding hydrogens is 342 g/mol. The van der Waals surface area contributed by atoms with Crippen LogP contribution in [0, 0.1) is 6.92 Å². The molecular formula is C22H28ClN3. The fourth-order valence-corrected chi connectivity index (χ4v) is 3.04. The first kappa shape index (κ1) is 20.2. The third-order valence-corrected chi connectivity index (χ3v) is 4.67. The molecule has 1 N–H and O–H groups in total. The summed E-state index contributed by atoms with van der Waals surface area (Å²) in [4.78, 5) is 8.93. The summed E-state index contributed by atoms with van der Waals surface area (Å²) in [6.07, 6.45) is 7.22. The Hall–Kier alpha value is -2.13. The van der Waals surface area contributed by atoms with Gasteiger partial charge in [0, 0.05) is 17.3 Å². The minimum atomic E-state index is 0.253. The highest BCUT2D eigenvalue weighted by molar-refractivity contribution is 6.28. The van der Waals surface area contributed by atoms with E-state index < -0.39 is 0 Å². The molecule has 26 heavy (non-hydrogen) atoms. The van der Waals surface area contributed by atoms with Crippen molar-refractivity contribution in [3.63, 3.8) is 0 Å². The highest BCUT2D eigenvalue weighted by Gasteiger charge is 2.16. The summed E-state index contributed by atoms with van der Waals surface area (Å²) in [6, 6.07) is 8.51. The van der Waals surface area contributed by atoms with Crippen LogP contribution in [0.4, 0.5) is 5.82 Å². The maximum atomic E-state index is 6.25. The van der Waals surface area contributed by atoms with Crippen LogP contribution in [-0.4, -0.2) is 9.97 Å². The van der Waals surface area contributed by atoms with Crippen LogP contribution in [0.15, 0.2) is 42.1 Å². The maximum absolute atomic E-state index is 6.25. The first-order valence-corrected chi connectivity index (χ1v) is 9.60. The smallest absolute Gasteiger partial charge is 0.224 e. The molecule has 0 fully saturated rings. The van der Waals surface area contributed by atoms with Gasteiger partial charge in [-0.05, 0) is 56.3 Å². The van der Waals surface area contributed by atoms with Gasteiger partial charge in [-0.25, -0.2) is 9.97 Å². The normalized spacial score (nSPS) is 12.4. The quantitative estimate of drug-likeness (QED) is 0.561. The lowest BCUT2D eigenvalue weighted by molar-refractivity contribution is 0.918. The molecule has 2 rings (SSSR count). The number of benzene rings is 1.